The molecule has 0 aromatic heterocycles. The van der Waals surface area contributed by atoms with Crippen molar-refractivity contribution in [1.82, 2.24) is 4.31 Å². The minimum atomic E-state index is -3.58. The van der Waals surface area contributed by atoms with E-state index >= 15 is 0 Å². The van der Waals surface area contributed by atoms with Crippen LogP contribution in [0.3, 0.4) is 0 Å². The van der Waals surface area contributed by atoms with Crippen molar-refractivity contribution in [2.75, 3.05) is 51.3 Å². The van der Waals surface area contributed by atoms with Crippen LogP contribution in [0.1, 0.15) is 25.8 Å². The minimum absolute atomic E-state index is 0.0691. The predicted molar refractivity (Wildman–Crippen MR) is 108 cm³/mol. The summed E-state index contributed by atoms with van der Waals surface area (Å²) < 4.78 is 32.4. The highest BCUT2D eigenvalue weighted by Crippen LogP contribution is 2.23. The highest BCUT2D eigenvalue weighted by atomic mass is 32.2. The average Bonchev–Trinajstić information content (AvgIpc) is 2.63. The molecule has 0 spiro atoms. The van der Waals surface area contributed by atoms with Gasteiger partial charge in [0.25, 0.3) is 5.91 Å². The van der Waals surface area contributed by atoms with Crippen LogP contribution in [0.25, 0.3) is 0 Å². The molecule has 2 atom stereocenters. The van der Waals surface area contributed by atoms with E-state index in [9.17, 15) is 13.2 Å². The van der Waals surface area contributed by atoms with Gasteiger partial charge in [0.15, 0.2) is 6.54 Å². The van der Waals surface area contributed by atoms with E-state index in [1.807, 2.05) is 6.92 Å². The summed E-state index contributed by atoms with van der Waals surface area (Å²) in [5.41, 5.74) is 1.42. The molecule has 1 aromatic rings. The van der Waals surface area contributed by atoms with Gasteiger partial charge in [-0.3, -0.25) is 4.79 Å². The monoisotopic (exact) mass is 410 g/mol. The van der Waals surface area contributed by atoms with Crippen LogP contribution >= 0.6 is 0 Å². The fraction of sp³-hybridized carbons (Fsp3) is 0.650. The highest BCUT2D eigenvalue weighted by molar-refractivity contribution is 7.89. The van der Waals surface area contributed by atoms with E-state index in [1.165, 1.54) is 15.6 Å². The van der Waals surface area contributed by atoms with E-state index in [0.29, 0.717) is 50.4 Å². The number of nitrogens with zero attached hydrogens (tertiary/aromatic N) is 1. The summed E-state index contributed by atoms with van der Waals surface area (Å²) in [6, 6.07) is 4.94. The van der Waals surface area contributed by atoms with Gasteiger partial charge in [-0.15, -0.1) is 0 Å². The number of benzene rings is 1. The predicted octanol–water partition coefficient (Wildman–Crippen LogP) is 0.515. The van der Waals surface area contributed by atoms with Crippen LogP contribution in [0.15, 0.2) is 23.1 Å². The zero-order chi connectivity index (χ0) is 20.3. The molecule has 7 nitrogen and oxygen atoms in total. The molecule has 0 unspecified atom stereocenters. The Morgan fingerprint density at radius 2 is 1.86 bits per heavy atom. The zero-order valence-electron chi connectivity index (χ0n) is 17.0. The van der Waals surface area contributed by atoms with Crippen LogP contribution < -0.4 is 10.2 Å². The number of sulfonamides is 1. The Kier molecular flexibility index (Phi) is 6.75. The largest absolute Gasteiger partial charge is 0.379 e. The third-order valence-electron chi connectivity index (χ3n) is 5.58. The number of aryl methyl sites for hydroxylation is 1. The van der Waals surface area contributed by atoms with Gasteiger partial charge in [0.05, 0.1) is 31.2 Å². The van der Waals surface area contributed by atoms with Crippen LogP contribution in [0.4, 0.5) is 5.69 Å². The number of amides is 1. The molecule has 2 saturated heterocycles. The number of anilines is 1. The van der Waals surface area contributed by atoms with Gasteiger partial charge in [0.1, 0.15) is 0 Å². The fourth-order valence-electron chi connectivity index (χ4n) is 4.32. The summed E-state index contributed by atoms with van der Waals surface area (Å²) in [4.78, 5) is 14.1. The lowest BCUT2D eigenvalue weighted by molar-refractivity contribution is -0.904. The first-order chi connectivity index (χ1) is 13.3. The Balaban J connectivity index is 1.70. The molecule has 2 heterocycles. The molecule has 1 amide bonds. The van der Waals surface area contributed by atoms with Gasteiger partial charge in [-0.05, 0) is 31.0 Å². The van der Waals surface area contributed by atoms with Gasteiger partial charge in [-0.25, -0.2) is 8.42 Å². The van der Waals surface area contributed by atoms with Gasteiger partial charge in [-0.1, -0.05) is 19.9 Å². The Hall–Kier alpha value is -1.48. The molecule has 0 saturated carbocycles. The second-order valence-corrected chi connectivity index (χ2v) is 10.3. The number of morpholine rings is 1. The summed E-state index contributed by atoms with van der Waals surface area (Å²) in [6.45, 7) is 10.3. The lowest BCUT2D eigenvalue weighted by Crippen LogP contribution is -3.15. The number of carbonyl (C=O) groups excluding carboxylic acids is 1. The summed E-state index contributed by atoms with van der Waals surface area (Å²) in [5, 5.41) is 2.94. The molecule has 28 heavy (non-hydrogen) atoms. The maximum absolute atomic E-state index is 12.9. The molecule has 2 fully saturated rings. The van der Waals surface area contributed by atoms with Crippen molar-refractivity contribution in [2.45, 2.75) is 32.1 Å². The molecule has 1 aromatic carbocycles. The van der Waals surface area contributed by atoms with Crippen molar-refractivity contribution in [3.05, 3.63) is 23.8 Å². The highest BCUT2D eigenvalue weighted by Gasteiger charge is 2.28. The van der Waals surface area contributed by atoms with Crippen molar-refractivity contribution in [2.24, 2.45) is 11.8 Å². The maximum Gasteiger partial charge on any atom is 0.279 e. The van der Waals surface area contributed by atoms with Crippen molar-refractivity contribution in [3.8, 4) is 0 Å². The van der Waals surface area contributed by atoms with Crippen LogP contribution in [-0.4, -0.2) is 64.6 Å². The summed E-state index contributed by atoms with van der Waals surface area (Å²) in [7, 11) is -3.58. The topological polar surface area (TPSA) is 80.2 Å². The van der Waals surface area contributed by atoms with Crippen molar-refractivity contribution >= 4 is 21.6 Å². The number of hydrogen-bond acceptors (Lipinski definition) is 4. The van der Waals surface area contributed by atoms with Crippen LogP contribution in [0.5, 0.6) is 0 Å². The fourth-order valence-corrected chi connectivity index (χ4v) is 5.76. The lowest BCUT2D eigenvalue weighted by Gasteiger charge is -2.31. The standard InChI is InChI=1S/C20H31N3O4S/c1-15-10-16(2)13-22(12-15)14-20(24)21-19-11-18(5-4-17(19)3)28(25,26)23-6-8-27-9-7-23/h4-5,11,15-16H,6-10,12-14H2,1-3H3,(H,21,24)/p+1/t15-,16-/m1/s1. The van der Waals surface area contributed by atoms with Gasteiger partial charge in [0.2, 0.25) is 10.0 Å². The molecule has 8 heteroatoms. The number of nitrogens with one attached hydrogen (secondary N) is 2. The number of likely N-dealkylation sites (tertiary alicyclic amines) is 1. The van der Waals surface area contributed by atoms with E-state index < -0.39 is 10.0 Å². The first-order valence-electron chi connectivity index (χ1n) is 10.1. The van der Waals surface area contributed by atoms with E-state index in [2.05, 4.69) is 19.2 Å². The van der Waals surface area contributed by atoms with Crippen LogP contribution in [-0.2, 0) is 19.6 Å². The third kappa shape index (κ3) is 5.11. The Labute approximate surface area is 168 Å². The molecule has 0 radical (unpaired) electrons. The first-order valence-corrected chi connectivity index (χ1v) is 11.5. The number of rotatable bonds is 5. The van der Waals surface area contributed by atoms with Crippen molar-refractivity contribution in [3.63, 3.8) is 0 Å². The van der Waals surface area contributed by atoms with Crippen molar-refractivity contribution < 1.29 is 22.8 Å². The van der Waals surface area contributed by atoms with Crippen LogP contribution in [0.2, 0.25) is 0 Å². The van der Waals surface area contributed by atoms with Gasteiger partial charge < -0.3 is 15.0 Å². The minimum Gasteiger partial charge on any atom is -0.379 e. The Morgan fingerprint density at radius 3 is 2.50 bits per heavy atom. The molecular formula is C20H32N3O4S+. The number of ether oxygens (including phenoxy) is 1. The second kappa shape index (κ2) is 8.90. The maximum atomic E-state index is 12.9. The first kappa shape index (κ1) is 21.2. The normalized spacial score (nSPS) is 26.8. The SMILES string of the molecule is Cc1ccc(S(=O)(=O)N2CCOCC2)cc1NC(=O)C[NH+]1C[C@H](C)C[C@@H](C)C1. The summed E-state index contributed by atoms with van der Waals surface area (Å²) in [5.74, 6) is 1.17. The van der Waals surface area contributed by atoms with E-state index in [0.717, 1.165) is 18.7 Å². The van der Waals surface area contributed by atoms with E-state index in [-0.39, 0.29) is 10.8 Å². The zero-order valence-corrected chi connectivity index (χ0v) is 17.8. The van der Waals surface area contributed by atoms with Crippen molar-refractivity contribution in [1.29, 1.82) is 0 Å². The number of carbonyl (C=O) groups is 1. The molecule has 2 aliphatic rings. The van der Waals surface area contributed by atoms with Crippen LogP contribution in [0, 0.1) is 18.8 Å². The lowest BCUT2D eigenvalue weighted by atomic mass is 9.92. The average molecular weight is 411 g/mol. The molecule has 2 aliphatic heterocycles. The smallest absolute Gasteiger partial charge is 0.279 e. The summed E-state index contributed by atoms with van der Waals surface area (Å²) in [6.07, 6.45) is 1.21. The quantitative estimate of drug-likeness (QED) is 0.742. The molecule has 2 N–H and O–H groups in total. The number of piperidine rings is 1. The number of hydrogen-bond donors (Lipinski definition) is 2. The second-order valence-electron chi connectivity index (χ2n) is 8.32. The summed E-state index contributed by atoms with van der Waals surface area (Å²) >= 11 is 0. The van der Waals surface area contributed by atoms with E-state index in [4.69, 9.17) is 4.74 Å². The number of quaternary nitrogens is 1. The van der Waals surface area contributed by atoms with E-state index in [1.54, 1.807) is 18.2 Å². The molecule has 3 rings (SSSR count). The van der Waals surface area contributed by atoms with Gasteiger partial charge in [-0.2, -0.15) is 4.31 Å². The Morgan fingerprint density at radius 1 is 1.21 bits per heavy atom. The molecule has 0 bridgehead atoms. The molecule has 156 valence electrons. The molecule has 0 aliphatic carbocycles. The Bertz CT molecular complexity index is 796. The molecular weight excluding hydrogens is 378 g/mol. The van der Waals surface area contributed by atoms with Gasteiger partial charge >= 0.3 is 0 Å². The third-order valence-corrected chi connectivity index (χ3v) is 7.48. The van der Waals surface area contributed by atoms with Gasteiger partial charge in [0, 0.05) is 30.6 Å².